The predicted octanol–water partition coefficient (Wildman–Crippen LogP) is 0.759. The van der Waals surface area contributed by atoms with Gasteiger partial charge in [0.15, 0.2) is 0 Å². The Bertz CT molecular complexity index is 312. The average molecular weight is 180 g/mol. The molecule has 0 bridgehead atoms. The molecule has 0 unspecified atom stereocenters. The Hall–Kier alpha value is -1.65. The quantitative estimate of drug-likeness (QED) is 0.730. The fraction of sp³-hybridized carbons (Fsp3) is 0.375. The topological polar surface area (TPSA) is 74.8 Å². The molecule has 0 fully saturated rings. The van der Waals surface area contributed by atoms with Gasteiger partial charge in [0.1, 0.15) is 5.56 Å². The molecule has 0 aromatic carbocycles. The van der Waals surface area contributed by atoms with Crippen molar-refractivity contribution < 1.29 is 9.90 Å². The molecular weight excluding hydrogens is 170 g/mol. The smallest absolute Gasteiger partial charge is 0.301 e. The summed E-state index contributed by atoms with van der Waals surface area (Å²) in [7, 11) is 0. The van der Waals surface area contributed by atoms with Crippen molar-refractivity contribution in [3.05, 3.63) is 17.8 Å². The van der Waals surface area contributed by atoms with Gasteiger partial charge < -0.3 is 5.32 Å². The SMILES string of the molecule is CC(C)NC(=O)c1ccnnc1[O]. The van der Waals surface area contributed by atoms with Crippen molar-refractivity contribution in [2.75, 3.05) is 0 Å². The molecule has 1 heterocycles. The zero-order valence-electron chi connectivity index (χ0n) is 7.44. The zero-order valence-corrected chi connectivity index (χ0v) is 7.44. The number of nitrogens with zero attached hydrogens (tertiary/aromatic N) is 2. The summed E-state index contributed by atoms with van der Waals surface area (Å²) in [5, 5.41) is 20.2. The Kier molecular flexibility index (Phi) is 2.79. The van der Waals surface area contributed by atoms with Crippen LogP contribution in [-0.2, 0) is 5.11 Å². The van der Waals surface area contributed by atoms with E-state index in [0.717, 1.165) is 0 Å². The third-order valence-electron chi connectivity index (χ3n) is 1.35. The second-order valence-corrected chi connectivity index (χ2v) is 2.88. The van der Waals surface area contributed by atoms with Crippen molar-refractivity contribution in [1.29, 1.82) is 0 Å². The summed E-state index contributed by atoms with van der Waals surface area (Å²) in [5.74, 6) is -1.00. The van der Waals surface area contributed by atoms with Crippen LogP contribution in [0.4, 0.5) is 0 Å². The molecule has 0 aliphatic heterocycles. The second kappa shape index (κ2) is 3.84. The summed E-state index contributed by atoms with van der Waals surface area (Å²) in [6.07, 6.45) is 1.32. The molecular formula is C8H10N3O2. The van der Waals surface area contributed by atoms with Gasteiger partial charge in [0.2, 0.25) is 0 Å². The van der Waals surface area contributed by atoms with E-state index >= 15 is 0 Å². The van der Waals surface area contributed by atoms with E-state index in [4.69, 9.17) is 0 Å². The molecule has 1 rings (SSSR count). The molecule has 1 aromatic rings. The first-order valence-electron chi connectivity index (χ1n) is 3.91. The monoisotopic (exact) mass is 180 g/mol. The first-order valence-corrected chi connectivity index (χ1v) is 3.91. The van der Waals surface area contributed by atoms with E-state index in [1.54, 1.807) is 0 Å². The molecule has 1 amide bonds. The van der Waals surface area contributed by atoms with Crippen LogP contribution in [0.3, 0.4) is 0 Å². The molecule has 0 aliphatic carbocycles. The van der Waals surface area contributed by atoms with Gasteiger partial charge in [-0.15, -0.1) is 5.10 Å². The van der Waals surface area contributed by atoms with Gasteiger partial charge in [-0.25, -0.2) is 0 Å². The Morgan fingerprint density at radius 1 is 1.54 bits per heavy atom. The van der Waals surface area contributed by atoms with Gasteiger partial charge in [-0.1, -0.05) is 0 Å². The number of aromatic nitrogens is 2. The summed E-state index contributed by atoms with van der Waals surface area (Å²) in [6, 6.07) is 1.35. The molecule has 5 nitrogen and oxygen atoms in total. The van der Waals surface area contributed by atoms with Crippen molar-refractivity contribution in [3.8, 4) is 5.88 Å². The zero-order chi connectivity index (χ0) is 9.84. The normalized spacial score (nSPS) is 10.1. The predicted molar refractivity (Wildman–Crippen MR) is 44.8 cm³/mol. The molecule has 5 heteroatoms. The summed E-state index contributed by atoms with van der Waals surface area (Å²) in [5.41, 5.74) is 0.0312. The van der Waals surface area contributed by atoms with Gasteiger partial charge >= 0.3 is 5.88 Å². The minimum absolute atomic E-state index is 0.0000605. The molecule has 69 valence electrons. The fourth-order valence-electron chi connectivity index (χ4n) is 0.832. The van der Waals surface area contributed by atoms with Crippen LogP contribution in [0.2, 0.25) is 0 Å². The molecule has 1 radical (unpaired) electrons. The highest BCUT2D eigenvalue weighted by Gasteiger charge is 2.13. The Morgan fingerprint density at radius 3 is 2.77 bits per heavy atom. The van der Waals surface area contributed by atoms with Gasteiger partial charge in [0, 0.05) is 6.04 Å². The number of rotatable bonds is 2. The maximum atomic E-state index is 11.3. The van der Waals surface area contributed by atoms with Crippen LogP contribution in [0, 0.1) is 0 Å². The van der Waals surface area contributed by atoms with Crippen LogP contribution in [0.15, 0.2) is 12.3 Å². The molecule has 0 saturated heterocycles. The molecule has 1 N–H and O–H groups in total. The lowest BCUT2D eigenvalue weighted by Gasteiger charge is -2.07. The van der Waals surface area contributed by atoms with Crippen molar-refractivity contribution in [2.45, 2.75) is 19.9 Å². The first kappa shape index (κ1) is 9.44. The van der Waals surface area contributed by atoms with E-state index in [-0.39, 0.29) is 11.6 Å². The molecule has 0 saturated carbocycles. The number of carbonyl (C=O) groups excluding carboxylic acids is 1. The minimum atomic E-state index is -0.597. The Morgan fingerprint density at radius 2 is 2.23 bits per heavy atom. The minimum Gasteiger partial charge on any atom is -0.350 e. The summed E-state index contributed by atoms with van der Waals surface area (Å²) >= 11 is 0. The molecule has 0 spiro atoms. The highest BCUT2D eigenvalue weighted by molar-refractivity contribution is 5.96. The first-order chi connectivity index (χ1) is 6.11. The molecule has 1 aromatic heterocycles. The Balaban J connectivity index is 2.83. The van der Waals surface area contributed by atoms with Gasteiger partial charge in [-0.05, 0) is 19.9 Å². The van der Waals surface area contributed by atoms with Crippen LogP contribution >= 0.6 is 0 Å². The van der Waals surface area contributed by atoms with Crippen molar-refractivity contribution in [2.24, 2.45) is 0 Å². The van der Waals surface area contributed by atoms with E-state index in [0.29, 0.717) is 0 Å². The average Bonchev–Trinajstić information content (AvgIpc) is 2.03. The van der Waals surface area contributed by atoms with Crippen LogP contribution in [0.1, 0.15) is 24.2 Å². The van der Waals surface area contributed by atoms with Gasteiger partial charge in [-0.3, -0.25) is 9.90 Å². The number of carbonyl (C=O) groups is 1. The van der Waals surface area contributed by atoms with E-state index in [2.05, 4.69) is 15.5 Å². The highest BCUT2D eigenvalue weighted by atomic mass is 16.3. The standard InChI is InChI=1S/C8H10N3O2/c1-5(2)10-7(12)6-3-4-9-11-8(6)13/h3-5H,1-2H3,(H,10,12). The van der Waals surface area contributed by atoms with Gasteiger partial charge in [0.05, 0.1) is 6.20 Å². The third kappa shape index (κ3) is 2.40. The van der Waals surface area contributed by atoms with E-state index in [1.807, 2.05) is 13.8 Å². The van der Waals surface area contributed by atoms with E-state index in [9.17, 15) is 9.90 Å². The second-order valence-electron chi connectivity index (χ2n) is 2.88. The van der Waals surface area contributed by atoms with Crippen LogP contribution in [0.25, 0.3) is 0 Å². The molecule has 13 heavy (non-hydrogen) atoms. The largest absolute Gasteiger partial charge is 0.350 e. The van der Waals surface area contributed by atoms with Crippen molar-refractivity contribution >= 4 is 5.91 Å². The lowest BCUT2D eigenvalue weighted by atomic mass is 10.2. The van der Waals surface area contributed by atoms with Crippen LogP contribution in [-0.4, -0.2) is 22.1 Å². The maximum absolute atomic E-state index is 11.3. The third-order valence-corrected chi connectivity index (χ3v) is 1.35. The highest BCUT2D eigenvalue weighted by Crippen LogP contribution is 2.10. The number of nitrogens with one attached hydrogen (secondary N) is 1. The summed E-state index contributed by atoms with van der Waals surface area (Å²) in [6.45, 7) is 3.63. The lowest BCUT2D eigenvalue weighted by molar-refractivity contribution is 0.0937. The van der Waals surface area contributed by atoms with Gasteiger partial charge in [0.25, 0.3) is 5.91 Å². The van der Waals surface area contributed by atoms with Crippen molar-refractivity contribution in [1.82, 2.24) is 15.5 Å². The van der Waals surface area contributed by atoms with Crippen molar-refractivity contribution in [3.63, 3.8) is 0 Å². The van der Waals surface area contributed by atoms with Crippen LogP contribution < -0.4 is 5.32 Å². The number of hydrogen-bond donors (Lipinski definition) is 1. The number of amides is 1. The lowest BCUT2D eigenvalue weighted by Crippen LogP contribution is -2.30. The maximum Gasteiger partial charge on any atom is 0.301 e. The van der Waals surface area contributed by atoms with E-state index < -0.39 is 11.8 Å². The van der Waals surface area contributed by atoms with Gasteiger partial charge in [-0.2, -0.15) is 5.10 Å². The number of hydrogen-bond acceptors (Lipinski definition) is 3. The van der Waals surface area contributed by atoms with Crippen LogP contribution in [0.5, 0.6) is 5.88 Å². The Labute approximate surface area is 75.8 Å². The fourth-order valence-corrected chi connectivity index (χ4v) is 0.832. The summed E-state index contributed by atoms with van der Waals surface area (Å²) < 4.78 is 0. The molecule has 0 aliphatic rings. The molecule has 0 atom stereocenters. The van der Waals surface area contributed by atoms with E-state index in [1.165, 1.54) is 12.3 Å². The summed E-state index contributed by atoms with van der Waals surface area (Å²) in [4.78, 5) is 11.3.